The number of hydrogen-bond donors (Lipinski definition) is 0. The fraction of sp³-hybridized carbons (Fsp3) is 0.692. The van der Waals surface area contributed by atoms with Crippen molar-refractivity contribution in [2.45, 2.75) is 46.1 Å². The van der Waals surface area contributed by atoms with Crippen LogP contribution in [0, 0.1) is 42.6 Å². The van der Waals surface area contributed by atoms with E-state index in [1.54, 1.807) is 0 Å². The zero-order valence-corrected chi connectivity index (χ0v) is 9.90. The lowest BCUT2D eigenvalue weighted by Crippen LogP contribution is -2.09. The van der Waals surface area contributed by atoms with Crippen LogP contribution >= 0.6 is 0 Å². The van der Waals surface area contributed by atoms with Gasteiger partial charge in [-0.1, -0.05) is 33.1 Å². The van der Waals surface area contributed by atoms with Crippen molar-refractivity contribution < 1.29 is 0 Å². The number of nitriles is 1. The van der Waals surface area contributed by atoms with Crippen LogP contribution in [-0.2, 0) is 0 Å². The predicted molar refractivity (Wildman–Crippen MR) is 62.5 cm³/mol. The average molecular weight is 204 g/mol. The van der Waals surface area contributed by atoms with Crippen LogP contribution in [0.15, 0.2) is 0 Å². The summed E-state index contributed by atoms with van der Waals surface area (Å²) in [4.78, 5) is 3.55. The highest BCUT2D eigenvalue weighted by Crippen LogP contribution is 2.19. The normalized spacial score (nSPS) is 14.0. The zero-order valence-electron chi connectivity index (χ0n) is 9.90. The lowest BCUT2D eigenvalue weighted by molar-refractivity contribution is 0.468. The van der Waals surface area contributed by atoms with E-state index in [9.17, 15) is 0 Å². The van der Waals surface area contributed by atoms with E-state index in [1.165, 1.54) is 6.42 Å². The minimum atomic E-state index is -0.0137. The SMILES string of the molecule is [C-]#[N+][C@@H](C[CH-]C#N)CC(C)C[CH-]C(C)C. The third-order valence-corrected chi connectivity index (χ3v) is 2.35. The highest BCUT2D eigenvalue weighted by Gasteiger charge is 2.10. The summed E-state index contributed by atoms with van der Waals surface area (Å²) in [5.74, 6) is 1.16. The summed E-state index contributed by atoms with van der Waals surface area (Å²) in [6.45, 7) is 13.5. The summed E-state index contributed by atoms with van der Waals surface area (Å²) >= 11 is 0. The quantitative estimate of drug-likeness (QED) is 0.581. The van der Waals surface area contributed by atoms with Gasteiger partial charge < -0.3 is 11.3 Å². The van der Waals surface area contributed by atoms with Gasteiger partial charge in [0.2, 0.25) is 0 Å². The van der Waals surface area contributed by atoms with E-state index < -0.39 is 0 Å². The number of hydrogen-bond acceptors (Lipinski definition) is 1. The average Bonchev–Trinajstić information content (AvgIpc) is 2.21. The summed E-state index contributed by atoms with van der Waals surface area (Å²) in [5.41, 5.74) is 0. The molecule has 2 heteroatoms. The molecule has 2 atom stereocenters. The van der Waals surface area contributed by atoms with Gasteiger partial charge in [-0.25, -0.2) is 11.8 Å². The van der Waals surface area contributed by atoms with Gasteiger partial charge in [-0.15, -0.1) is 6.07 Å². The van der Waals surface area contributed by atoms with Gasteiger partial charge in [0, 0.05) is 6.42 Å². The highest BCUT2D eigenvalue weighted by atomic mass is 14.7. The maximum Gasteiger partial charge on any atom is 0.200 e. The molecule has 15 heavy (non-hydrogen) atoms. The van der Waals surface area contributed by atoms with E-state index in [4.69, 9.17) is 11.8 Å². The van der Waals surface area contributed by atoms with Gasteiger partial charge in [-0.2, -0.15) is 12.3 Å². The predicted octanol–water partition coefficient (Wildman–Crippen LogP) is 3.67. The Hall–Kier alpha value is -1.15. The smallest absolute Gasteiger partial charge is 0.200 e. The molecule has 0 aromatic rings. The summed E-state index contributed by atoms with van der Waals surface area (Å²) in [7, 11) is 0. The Balaban J connectivity index is 3.77. The number of nitrogens with zero attached hydrogens (tertiary/aromatic N) is 2. The van der Waals surface area contributed by atoms with E-state index in [0.29, 0.717) is 18.3 Å². The molecule has 0 heterocycles. The van der Waals surface area contributed by atoms with Gasteiger partial charge in [-0.3, -0.25) is 6.42 Å². The topological polar surface area (TPSA) is 28.1 Å². The van der Waals surface area contributed by atoms with Crippen LogP contribution in [0.5, 0.6) is 0 Å². The maximum atomic E-state index is 8.41. The van der Waals surface area contributed by atoms with Crippen molar-refractivity contribution in [3.05, 3.63) is 24.3 Å². The first kappa shape index (κ1) is 13.8. The van der Waals surface area contributed by atoms with Crippen molar-refractivity contribution in [1.82, 2.24) is 0 Å². The second-order valence-corrected chi connectivity index (χ2v) is 4.41. The van der Waals surface area contributed by atoms with Crippen LogP contribution in [0.4, 0.5) is 0 Å². The van der Waals surface area contributed by atoms with Crippen molar-refractivity contribution in [2.75, 3.05) is 0 Å². The Bertz CT molecular complexity index is 232. The molecule has 0 aliphatic carbocycles. The van der Waals surface area contributed by atoms with E-state index in [0.717, 1.165) is 12.8 Å². The van der Waals surface area contributed by atoms with E-state index in [1.807, 2.05) is 6.07 Å². The molecule has 0 spiro atoms. The molecule has 0 N–H and O–H groups in total. The lowest BCUT2D eigenvalue weighted by atomic mass is 9.92. The van der Waals surface area contributed by atoms with Crippen molar-refractivity contribution in [1.29, 1.82) is 5.26 Å². The maximum absolute atomic E-state index is 8.41. The van der Waals surface area contributed by atoms with Gasteiger partial charge in [0.25, 0.3) is 0 Å². The molecule has 0 aliphatic rings. The second kappa shape index (κ2) is 8.18. The molecule has 0 rings (SSSR count). The van der Waals surface area contributed by atoms with E-state index in [2.05, 4.69) is 32.0 Å². The molecule has 84 valence electrons. The molecule has 0 radical (unpaired) electrons. The Morgan fingerprint density at radius 3 is 2.47 bits per heavy atom. The monoisotopic (exact) mass is 204 g/mol. The molecule has 0 bridgehead atoms. The van der Waals surface area contributed by atoms with Gasteiger partial charge in [0.05, 0.1) is 0 Å². The Kier molecular flexibility index (Phi) is 7.56. The van der Waals surface area contributed by atoms with E-state index >= 15 is 0 Å². The molecule has 0 aliphatic heterocycles. The largest absolute Gasteiger partial charge is 0.326 e. The van der Waals surface area contributed by atoms with Crippen molar-refractivity contribution in [3.8, 4) is 6.07 Å². The van der Waals surface area contributed by atoms with Crippen molar-refractivity contribution >= 4 is 0 Å². The van der Waals surface area contributed by atoms with E-state index in [-0.39, 0.29) is 6.04 Å². The summed E-state index contributed by atoms with van der Waals surface area (Å²) in [6, 6.07) is 1.97. The number of rotatable bonds is 7. The minimum absolute atomic E-state index is 0.0137. The highest BCUT2D eigenvalue weighted by molar-refractivity contribution is 4.97. The van der Waals surface area contributed by atoms with Crippen LogP contribution in [0.25, 0.3) is 4.85 Å². The molecule has 0 fully saturated rings. The molecular weight excluding hydrogens is 184 g/mol. The van der Waals surface area contributed by atoms with Gasteiger partial charge in [-0.05, 0) is 0 Å². The Labute approximate surface area is 94.1 Å². The molecule has 0 amide bonds. The lowest BCUT2D eigenvalue weighted by Gasteiger charge is -2.22. The van der Waals surface area contributed by atoms with Gasteiger partial charge in [0.15, 0.2) is 6.04 Å². The molecule has 0 aromatic heterocycles. The standard InChI is InChI=1S/C13H20N2/c1-11(2)7-8-12(3)10-13(15-4)6-5-9-14/h5,7,11-13H,6,8,10H2,1-3H3/q-2/t12?,13-/m0/s1. The third-order valence-electron chi connectivity index (χ3n) is 2.35. The van der Waals surface area contributed by atoms with Crippen molar-refractivity contribution in [2.24, 2.45) is 11.8 Å². The van der Waals surface area contributed by atoms with Gasteiger partial charge >= 0.3 is 0 Å². The third kappa shape index (κ3) is 7.89. The summed E-state index contributed by atoms with van der Waals surface area (Å²) in [5, 5.41) is 8.41. The fourth-order valence-electron chi connectivity index (χ4n) is 1.46. The van der Waals surface area contributed by atoms with Crippen LogP contribution < -0.4 is 0 Å². The van der Waals surface area contributed by atoms with Gasteiger partial charge in [0.1, 0.15) is 0 Å². The molecular formula is C13H20N2-2. The Morgan fingerprint density at radius 1 is 1.33 bits per heavy atom. The molecule has 1 unspecified atom stereocenters. The molecule has 0 saturated carbocycles. The van der Waals surface area contributed by atoms with Crippen LogP contribution in [-0.4, -0.2) is 6.04 Å². The summed E-state index contributed by atoms with van der Waals surface area (Å²) in [6.07, 6.45) is 6.38. The van der Waals surface area contributed by atoms with Crippen LogP contribution in [0.1, 0.15) is 40.0 Å². The summed E-state index contributed by atoms with van der Waals surface area (Å²) < 4.78 is 0. The zero-order chi connectivity index (χ0) is 11.7. The van der Waals surface area contributed by atoms with Crippen molar-refractivity contribution in [3.63, 3.8) is 0 Å². The fourth-order valence-corrected chi connectivity index (χ4v) is 1.46. The molecule has 0 aromatic carbocycles. The first-order valence-corrected chi connectivity index (χ1v) is 5.51. The second-order valence-electron chi connectivity index (χ2n) is 4.41. The Morgan fingerprint density at radius 2 is 2.00 bits per heavy atom. The van der Waals surface area contributed by atoms with Crippen LogP contribution in [0.3, 0.4) is 0 Å². The minimum Gasteiger partial charge on any atom is -0.326 e. The first-order chi connectivity index (χ1) is 7.10. The van der Waals surface area contributed by atoms with Crippen LogP contribution in [0.2, 0.25) is 0 Å². The first-order valence-electron chi connectivity index (χ1n) is 5.51. The molecule has 0 saturated heterocycles. The molecule has 2 nitrogen and oxygen atoms in total.